The number of aryl methyl sites for hydroxylation is 2. The molecule has 2 aromatic rings. The molecule has 0 radical (unpaired) electrons. The van der Waals surface area contributed by atoms with Gasteiger partial charge in [-0.25, -0.2) is 17.9 Å². The van der Waals surface area contributed by atoms with Crippen molar-refractivity contribution in [1.29, 1.82) is 0 Å². The molecule has 0 bridgehead atoms. The van der Waals surface area contributed by atoms with Gasteiger partial charge in [-0.15, -0.1) is 5.10 Å². The van der Waals surface area contributed by atoms with Gasteiger partial charge in [0.1, 0.15) is 6.33 Å². The monoisotopic (exact) mass is 351 g/mol. The molecule has 24 heavy (non-hydrogen) atoms. The molecule has 9 heteroatoms. The molecule has 1 aromatic carbocycles. The van der Waals surface area contributed by atoms with Crippen molar-refractivity contribution in [3.8, 4) is 0 Å². The molecule has 130 valence electrons. The van der Waals surface area contributed by atoms with Gasteiger partial charge in [0.15, 0.2) is 0 Å². The molecule has 2 rings (SSSR count). The summed E-state index contributed by atoms with van der Waals surface area (Å²) in [5, 5.41) is 3.92. The second kappa shape index (κ2) is 7.00. The normalized spacial score (nSPS) is 11.3. The zero-order valence-electron chi connectivity index (χ0n) is 14.1. The number of rotatable bonds is 5. The summed E-state index contributed by atoms with van der Waals surface area (Å²) in [6.45, 7) is 8.19. The van der Waals surface area contributed by atoms with Crippen LogP contribution in [-0.2, 0) is 10.0 Å². The first-order valence-electron chi connectivity index (χ1n) is 7.60. The van der Waals surface area contributed by atoms with Gasteiger partial charge in [-0.3, -0.25) is 0 Å². The maximum atomic E-state index is 12.6. The highest BCUT2D eigenvalue weighted by Crippen LogP contribution is 2.21. The predicted molar refractivity (Wildman–Crippen MR) is 90.5 cm³/mol. The Balaban J connectivity index is 2.28. The van der Waals surface area contributed by atoms with Gasteiger partial charge in [-0.05, 0) is 38.8 Å². The number of benzene rings is 1. The van der Waals surface area contributed by atoms with Gasteiger partial charge in [-0.1, -0.05) is 18.2 Å². The Morgan fingerprint density at radius 2 is 1.79 bits per heavy atom. The number of anilines is 1. The molecule has 0 unspecified atom stereocenters. The van der Waals surface area contributed by atoms with E-state index in [1.807, 2.05) is 13.8 Å². The van der Waals surface area contributed by atoms with Crippen LogP contribution in [0.15, 0.2) is 29.4 Å². The highest BCUT2D eigenvalue weighted by molar-refractivity contribution is 7.92. The fourth-order valence-electron chi connectivity index (χ4n) is 2.44. The number of sulfonamides is 1. The van der Waals surface area contributed by atoms with E-state index in [0.717, 1.165) is 4.68 Å². The summed E-state index contributed by atoms with van der Waals surface area (Å²) >= 11 is 0. The summed E-state index contributed by atoms with van der Waals surface area (Å²) in [5.74, 6) is -0.141. The molecule has 1 amide bonds. The molecular formula is C15H21N5O3S. The van der Waals surface area contributed by atoms with E-state index < -0.39 is 10.0 Å². The van der Waals surface area contributed by atoms with Crippen LogP contribution >= 0.6 is 0 Å². The molecule has 0 aliphatic carbocycles. The summed E-state index contributed by atoms with van der Waals surface area (Å²) in [6, 6.07) is 4.87. The number of hydrogen-bond donors (Lipinski definition) is 1. The van der Waals surface area contributed by atoms with Crippen LogP contribution in [0.3, 0.4) is 0 Å². The lowest BCUT2D eigenvalue weighted by atomic mass is 10.2. The number of carbonyl (C=O) groups excluding carboxylic acids is 1. The zero-order valence-corrected chi connectivity index (χ0v) is 15.0. The average molecular weight is 351 g/mol. The third-order valence-corrected chi connectivity index (χ3v) is 5.26. The second-order valence-corrected chi connectivity index (χ2v) is 6.91. The zero-order chi connectivity index (χ0) is 17.9. The van der Waals surface area contributed by atoms with Gasteiger partial charge >= 0.3 is 6.03 Å². The Bertz CT molecular complexity index is 820. The van der Waals surface area contributed by atoms with E-state index in [-0.39, 0.29) is 16.9 Å². The van der Waals surface area contributed by atoms with E-state index in [1.165, 1.54) is 6.33 Å². The first-order valence-corrected chi connectivity index (χ1v) is 9.08. The van der Waals surface area contributed by atoms with Crippen molar-refractivity contribution in [3.05, 3.63) is 35.7 Å². The average Bonchev–Trinajstić information content (AvgIpc) is 2.95. The molecule has 0 saturated heterocycles. The Morgan fingerprint density at radius 1 is 1.21 bits per heavy atom. The third-order valence-electron chi connectivity index (χ3n) is 3.62. The Hall–Kier alpha value is -2.42. The van der Waals surface area contributed by atoms with Crippen LogP contribution in [0.1, 0.15) is 25.0 Å². The van der Waals surface area contributed by atoms with Crippen molar-refractivity contribution in [2.45, 2.75) is 32.6 Å². The molecule has 0 fully saturated rings. The van der Waals surface area contributed by atoms with Crippen molar-refractivity contribution < 1.29 is 13.2 Å². The highest BCUT2D eigenvalue weighted by Gasteiger charge is 2.22. The second-order valence-electron chi connectivity index (χ2n) is 5.29. The lowest BCUT2D eigenvalue weighted by molar-refractivity contribution is 0.201. The lowest BCUT2D eigenvalue weighted by Crippen LogP contribution is -2.34. The molecular weight excluding hydrogens is 330 g/mol. The molecule has 0 spiro atoms. The van der Waals surface area contributed by atoms with Gasteiger partial charge in [0, 0.05) is 13.1 Å². The van der Waals surface area contributed by atoms with Gasteiger partial charge < -0.3 is 4.90 Å². The number of amides is 1. The fraction of sp³-hybridized carbons (Fsp3) is 0.400. The number of aromatic nitrogens is 3. The SMILES string of the molecule is CCN(CC)C(=O)n1cnc(NS(=O)(=O)c2c(C)cccc2C)n1. The molecule has 0 aliphatic rings. The van der Waals surface area contributed by atoms with Crippen LogP contribution in [-0.4, -0.2) is 47.2 Å². The number of hydrogen-bond acceptors (Lipinski definition) is 5. The Kier molecular flexibility index (Phi) is 5.23. The van der Waals surface area contributed by atoms with E-state index in [9.17, 15) is 13.2 Å². The quantitative estimate of drug-likeness (QED) is 0.888. The molecule has 1 N–H and O–H groups in total. The van der Waals surface area contributed by atoms with Gasteiger partial charge in [0.25, 0.3) is 16.0 Å². The van der Waals surface area contributed by atoms with Crippen LogP contribution in [0.5, 0.6) is 0 Å². The minimum absolute atomic E-state index is 0.141. The van der Waals surface area contributed by atoms with Crippen molar-refractivity contribution in [3.63, 3.8) is 0 Å². The predicted octanol–water partition coefficient (Wildman–Crippen LogP) is 2.01. The Morgan fingerprint density at radius 3 is 2.33 bits per heavy atom. The van der Waals surface area contributed by atoms with Crippen molar-refractivity contribution in [1.82, 2.24) is 19.7 Å². The minimum Gasteiger partial charge on any atom is -0.323 e. The molecule has 0 aliphatic heterocycles. The van der Waals surface area contributed by atoms with Crippen molar-refractivity contribution in [2.75, 3.05) is 17.8 Å². The molecule has 1 aromatic heterocycles. The maximum Gasteiger partial charge on any atom is 0.346 e. The lowest BCUT2D eigenvalue weighted by Gasteiger charge is -2.17. The Labute approximate surface area is 141 Å². The topological polar surface area (TPSA) is 97.2 Å². The van der Waals surface area contributed by atoms with E-state index in [1.54, 1.807) is 36.9 Å². The molecule has 1 heterocycles. The number of nitrogens with zero attached hydrogens (tertiary/aromatic N) is 4. The van der Waals surface area contributed by atoms with E-state index >= 15 is 0 Å². The summed E-state index contributed by atoms with van der Waals surface area (Å²) in [5.41, 5.74) is 1.25. The standard InChI is InChI=1S/C15H21N5O3S/c1-5-19(6-2)15(21)20-10-16-14(17-20)18-24(22,23)13-11(3)8-7-9-12(13)4/h7-10H,5-6H2,1-4H3,(H,17,18). The summed E-state index contributed by atoms with van der Waals surface area (Å²) in [7, 11) is -3.83. The van der Waals surface area contributed by atoms with E-state index in [0.29, 0.717) is 24.2 Å². The summed E-state index contributed by atoms with van der Waals surface area (Å²) < 4.78 is 28.5. The van der Waals surface area contributed by atoms with Crippen molar-refractivity contribution in [2.24, 2.45) is 0 Å². The first kappa shape index (κ1) is 17.9. The third kappa shape index (κ3) is 3.56. The van der Waals surface area contributed by atoms with Gasteiger partial charge in [0.2, 0.25) is 0 Å². The van der Waals surface area contributed by atoms with Crippen LogP contribution in [0.2, 0.25) is 0 Å². The number of carbonyl (C=O) groups is 1. The summed E-state index contributed by atoms with van der Waals surface area (Å²) in [4.78, 5) is 17.8. The van der Waals surface area contributed by atoms with E-state index in [2.05, 4.69) is 14.8 Å². The minimum atomic E-state index is -3.83. The van der Waals surface area contributed by atoms with Crippen LogP contribution < -0.4 is 4.72 Å². The van der Waals surface area contributed by atoms with Crippen LogP contribution in [0, 0.1) is 13.8 Å². The van der Waals surface area contributed by atoms with Crippen LogP contribution in [0.4, 0.5) is 10.7 Å². The fourth-order valence-corrected chi connectivity index (χ4v) is 3.86. The van der Waals surface area contributed by atoms with Gasteiger partial charge in [0.05, 0.1) is 4.90 Å². The molecule has 8 nitrogen and oxygen atoms in total. The van der Waals surface area contributed by atoms with Crippen LogP contribution in [0.25, 0.3) is 0 Å². The first-order chi connectivity index (χ1) is 11.3. The maximum absolute atomic E-state index is 12.6. The van der Waals surface area contributed by atoms with Gasteiger partial charge in [-0.2, -0.15) is 9.67 Å². The highest BCUT2D eigenvalue weighted by atomic mass is 32.2. The molecule has 0 saturated carbocycles. The van der Waals surface area contributed by atoms with E-state index in [4.69, 9.17) is 0 Å². The number of nitrogens with one attached hydrogen (secondary N) is 1. The molecule has 0 atom stereocenters. The summed E-state index contributed by atoms with van der Waals surface area (Å²) in [6.07, 6.45) is 1.20. The smallest absolute Gasteiger partial charge is 0.323 e. The van der Waals surface area contributed by atoms with Crippen molar-refractivity contribution >= 4 is 22.0 Å². The largest absolute Gasteiger partial charge is 0.346 e.